The van der Waals surface area contributed by atoms with E-state index in [1.54, 1.807) is 0 Å². The Hall–Kier alpha value is 0.114. The summed E-state index contributed by atoms with van der Waals surface area (Å²) < 4.78 is 68.2. The van der Waals surface area contributed by atoms with Crippen molar-refractivity contribution in [1.29, 1.82) is 0 Å². The predicted molar refractivity (Wildman–Crippen MR) is 35.1 cm³/mol. The average Bonchev–Trinajstić information content (AvgIpc) is 1.12. The molecule has 0 spiro atoms. The Labute approximate surface area is 91.1 Å². The molecule has 0 aromatic rings. The van der Waals surface area contributed by atoms with Crippen LogP contribution in [0.5, 0.6) is 0 Å². The van der Waals surface area contributed by atoms with Gasteiger partial charge >= 0.3 is 16.5 Å². The molecule has 0 aliphatic heterocycles. The Morgan fingerprint density at radius 1 is 0.643 bits per heavy atom. The zero-order chi connectivity index (χ0) is 9.00. The molecule has 3 radical (unpaired) electrons. The van der Waals surface area contributed by atoms with E-state index in [1.165, 1.54) is 0 Å². The standard InChI is InChI=1S/2H3N.N.Ni.2H2O4S/c;;;;2*1-5(2,3)4/h2*1H3;;;2*(H2,1,2,3,4)/q;;;+2;;/p-2. The number of hydrogen-bond acceptors (Lipinski definition) is 8. The van der Waals surface area contributed by atoms with Gasteiger partial charge in [-0.3, -0.25) is 16.8 Å². The topological polar surface area (TPSA) is 264 Å². The van der Waals surface area contributed by atoms with Crippen LogP contribution in [0.15, 0.2) is 0 Å². The summed E-state index contributed by atoms with van der Waals surface area (Å²) in [6, 6.07) is 0. The van der Waals surface area contributed by atoms with E-state index in [1.807, 2.05) is 0 Å². The van der Waals surface area contributed by atoms with Crippen LogP contribution >= 0.6 is 0 Å². The molecule has 0 saturated heterocycles. The summed E-state index contributed by atoms with van der Waals surface area (Å²) in [7, 11) is -10.3. The molecule has 0 bridgehead atoms. The molecule has 14 heavy (non-hydrogen) atoms. The number of rotatable bonds is 0. The van der Waals surface area contributed by atoms with E-state index in [0.29, 0.717) is 0 Å². The fourth-order valence-corrected chi connectivity index (χ4v) is 0. The van der Waals surface area contributed by atoms with Crippen molar-refractivity contribution in [3.63, 3.8) is 0 Å². The predicted octanol–water partition coefficient (Wildman–Crippen LogP) is -2.41. The van der Waals surface area contributed by atoms with Gasteiger partial charge < -0.3 is 30.5 Å². The zero-order valence-corrected chi connectivity index (χ0v) is 9.47. The van der Waals surface area contributed by atoms with Crippen molar-refractivity contribution in [2.45, 2.75) is 0 Å². The van der Waals surface area contributed by atoms with E-state index in [4.69, 9.17) is 35.0 Å². The Balaban J connectivity index is -0.0000000178. The van der Waals surface area contributed by atoms with Crippen LogP contribution in [-0.4, -0.2) is 35.0 Å². The van der Waals surface area contributed by atoms with Crippen LogP contribution in [0.1, 0.15) is 0 Å². The maximum atomic E-state index is 8.52. The molecular weight excluding hydrogens is 293 g/mol. The molecule has 0 aliphatic rings. The molecule has 0 aliphatic carbocycles. The quantitative estimate of drug-likeness (QED) is 0.275. The Bertz CT molecular complexity index is 219. The molecule has 8 N–H and O–H groups in total. The number of nitrogens with zero attached hydrogens (tertiary/aromatic N) is 1. The fraction of sp³-hybridized carbons (Fsp3) is 0. The summed E-state index contributed by atoms with van der Waals surface area (Å²) in [6.45, 7) is 0. The van der Waals surface area contributed by atoms with Gasteiger partial charge in [-0.25, -0.2) is 0 Å². The fourth-order valence-electron chi connectivity index (χ4n) is 0. The molecule has 0 aromatic carbocycles. The molecule has 0 aromatic heterocycles. The third-order valence-electron chi connectivity index (χ3n) is 0. The van der Waals surface area contributed by atoms with Crippen LogP contribution in [0.2, 0.25) is 0 Å². The third kappa shape index (κ3) is 116000. The first-order valence-corrected chi connectivity index (χ1v) is 4.00. The Morgan fingerprint density at radius 3 is 0.643 bits per heavy atom. The Morgan fingerprint density at radius 2 is 0.643 bits per heavy atom. The largest absolute Gasteiger partial charge is 2.00 e. The van der Waals surface area contributed by atoms with Crippen LogP contribution in [0.4, 0.5) is 0 Å². The molecule has 0 rings (SSSR count). The first kappa shape index (κ1) is 36.9. The van der Waals surface area contributed by atoms with Crippen molar-refractivity contribution in [3.8, 4) is 0 Å². The second kappa shape index (κ2) is 13.1. The molecule has 0 unspecified atom stereocenters. The van der Waals surface area contributed by atoms with Crippen molar-refractivity contribution in [2.75, 3.05) is 0 Å². The van der Waals surface area contributed by atoms with E-state index in [2.05, 4.69) is 0 Å². The maximum absolute atomic E-state index is 8.52. The van der Waals surface area contributed by atoms with Gasteiger partial charge in [0.25, 0.3) is 0 Å². The van der Waals surface area contributed by atoms with Crippen LogP contribution in [0.3, 0.4) is 0 Å². The van der Waals surface area contributed by atoms with Crippen LogP contribution in [0.25, 0.3) is 0 Å². The summed E-state index contributed by atoms with van der Waals surface area (Å²) in [5, 5.41) is 0. The maximum Gasteiger partial charge on any atom is 2.00 e. The van der Waals surface area contributed by atoms with Crippen molar-refractivity contribution in [2.24, 2.45) is 0 Å². The SMILES string of the molecule is O=S(=O)([O-])[O-].O=S(=O)([O-])[O-].[NH4+].[NH4+].[N].[Ni+2]. The minimum atomic E-state index is -5.17. The monoisotopic (exact) mass is 300 g/mol. The van der Waals surface area contributed by atoms with E-state index >= 15 is 0 Å². The Kier molecular flexibility index (Phi) is 34.5. The van der Waals surface area contributed by atoms with Gasteiger partial charge in [0.15, 0.2) is 0 Å². The van der Waals surface area contributed by atoms with Crippen LogP contribution < -0.4 is 18.5 Å². The second-order valence-electron chi connectivity index (χ2n) is 0.816. The first-order valence-electron chi connectivity index (χ1n) is 1.33. The summed E-state index contributed by atoms with van der Waals surface area (Å²) in [5.74, 6) is 0. The van der Waals surface area contributed by atoms with E-state index in [0.717, 1.165) is 0 Å². The van der Waals surface area contributed by atoms with Crippen LogP contribution in [-0.2, 0) is 37.3 Å². The van der Waals surface area contributed by atoms with E-state index in [-0.39, 0.29) is 34.9 Å². The van der Waals surface area contributed by atoms with Crippen molar-refractivity contribution < 1.29 is 51.5 Å². The van der Waals surface area contributed by atoms with Gasteiger partial charge in [-0.15, -0.1) is 0 Å². The summed E-state index contributed by atoms with van der Waals surface area (Å²) >= 11 is 0. The van der Waals surface area contributed by atoms with Crippen LogP contribution in [0, 0.1) is 0 Å². The normalized spacial score (nSPS) is 8.29. The molecule has 93 valence electrons. The summed E-state index contributed by atoms with van der Waals surface area (Å²) in [5.41, 5.74) is 0. The van der Waals surface area contributed by atoms with Gasteiger partial charge in [-0.2, -0.15) is 0 Å². The van der Waals surface area contributed by atoms with Crippen molar-refractivity contribution in [3.05, 3.63) is 0 Å². The molecule has 0 saturated carbocycles. The second-order valence-corrected chi connectivity index (χ2v) is 2.45. The average molecular weight is 301 g/mol. The van der Waals surface area contributed by atoms with Gasteiger partial charge in [-0.1, -0.05) is 0 Å². The molecule has 0 atom stereocenters. The van der Waals surface area contributed by atoms with E-state index in [9.17, 15) is 0 Å². The van der Waals surface area contributed by atoms with Gasteiger partial charge in [0.1, 0.15) is 0 Å². The molecule has 14 heteroatoms. The van der Waals surface area contributed by atoms with Crippen molar-refractivity contribution >= 4 is 20.8 Å². The van der Waals surface area contributed by atoms with E-state index < -0.39 is 20.8 Å². The van der Waals surface area contributed by atoms with Gasteiger partial charge in [0, 0.05) is 26.9 Å². The molecule has 0 fully saturated rings. The summed E-state index contributed by atoms with van der Waals surface area (Å²) in [4.78, 5) is 0. The summed E-state index contributed by atoms with van der Waals surface area (Å²) in [6.07, 6.45) is 0. The molecule has 0 amide bonds. The third-order valence-corrected chi connectivity index (χ3v) is 0. The van der Waals surface area contributed by atoms with Gasteiger partial charge in [-0.05, 0) is 0 Å². The molecule has 11 nitrogen and oxygen atoms in total. The van der Waals surface area contributed by atoms with Crippen molar-refractivity contribution in [1.82, 2.24) is 18.5 Å². The van der Waals surface area contributed by atoms with Gasteiger partial charge in [0.05, 0.1) is 0 Å². The smallest absolute Gasteiger partial charge is 0.759 e. The zero-order valence-electron chi connectivity index (χ0n) is 6.85. The minimum Gasteiger partial charge on any atom is -0.759 e. The molecular formula is H8N3NiO8S2. The van der Waals surface area contributed by atoms with Gasteiger partial charge in [0.2, 0.25) is 0 Å². The number of hydrogen-bond donors (Lipinski definition) is 2. The minimum absolute atomic E-state index is 0. The first-order chi connectivity index (χ1) is 4.00. The molecule has 0 heterocycles. The number of quaternary nitrogens is 2.